The number of benzene rings is 1. The van der Waals surface area contributed by atoms with Gasteiger partial charge in [-0.05, 0) is 12.1 Å². The molecule has 0 aliphatic heterocycles. The van der Waals surface area contributed by atoms with Crippen LogP contribution in [0.1, 0.15) is 0 Å². The molecule has 1 aromatic carbocycles. The van der Waals surface area contributed by atoms with Crippen molar-refractivity contribution in [3.63, 3.8) is 0 Å². The summed E-state index contributed by atoms with van der Waals surface area (Å²) in [5.74, 6) is -1.03. The third kappa shape index (κ3) is 5.27. The number of carbonyl (C=O) groups excluding carboxylic acids is 2. The van der Waals surface area contributed by atoms with Gasteiger partial charge in [-0.15, -0.1) is 11.8 Å². The lowest BCUT2D eigenvalue weighted by Crippen LogP contribution is -2.34. The van der Waals surface area contributed by atoms with Gasteiger partial charge in [-0.25, -0.2) is 4.39 Å². The van der Waals surface area contributed by atoms with E-state index >= 15 is 0 Å². The molecule has 1 unspecified atom stereocenters. The van der Waals surface area contributed by atoms with Gasteiger partial charge in [0.15, 0.2) is 0 Å². The summed E-state index contributed by atoms with van der Waals surface area (Å²) in [5, 5.41) is 2.44. The maximum Gasteiger partial charge on any atom is 0.323 e. The van der Waals surface area contributed by atoms with Crippen LogP contribution in [0.5, 0.6) is 0 Å². The van der Waals surface area contributed by atoms with Crippen molar-refractivity contribution in [2.24, 2.45) is 5.73 Å². The Balaban J connectivity index is 2.33. The lowest BCUT2D eigenvalue weighted by molar-refractivity contribution is -0.141. The molecule has 0 spiro atoms. The monoisotopic (exact) mass is 286 g/mol. The number of anilines is 1. The fourth-order valence-electron chi connectivity index (χ4n) is 1.25. The van der Waals surface area contributed by atoms with E-state index in [-0.39, 0.29) is 23.1 Å². The van der Waals surface area contributed by atoms with Gasteiger partial charge in [0.2, 0.25) is 5.91 Å². The Bertz CT molecular complexity index is 456. The van der Waals surface area contributed by atoms with Crippen molar-refractivity contribution >= 4 is 29.3 Å². The zero-order valence-corrected chi connectivity index (χ0v) is 11.2. The highest BCUT2D eigenvalue weighted by molar-refractivity contribution is 8.00. The van der Waals surface area contributed by atoms with Crippen molar-refractivity contribution in [2.45, 2.75) is 6.04 Å². The molecular formula is C12H15FN2O3S. The summed E-state index contributed by atoms with van der Waals surface area (Å²) >= 11 is 1.18. The minimum atomic E-state index is -0.767. The van der Waals surface area contributed by atoms with Gasteiger partial charge in [0.05, 0.1) is 18.6 Å². The van der Waals surface area contributed by atoms with E-state index in [4.69, 9.17) is 5.73 Å². The van der Waals surface area contributed by atoms with Crippen LogP contribution in [0.15, 0.2) is 24.3 Å². The molecule has 1 aromatic rings. The number of nitrogens with one attached hydrogen (secondary N) is 1. The molecule has 1 atom stereocenters. The molecule has 0 aliphatic carbocycles. The second kappa shape index (κ2) is 7.75. The normalized spacial score (nSPS) is 11.7. The molecule has 0 fully saturated rings. The first-order chi connectivity index (χ1) is 9.04. The van der Waals surface area contributed by atoms with Crippen molar-refractivity contribution in [1.29, 1.82) is 0 Å². The molecule has 0 saturated heterocycles. The molecule has 1 amide bonds. The molecule has 5 nitrogen and oxygen atoms in total. The smallest absolute Gasteiger partial charge is 0.323 e. The average molecular weight is 286 g/mol. The number of hydrogen-bond donors (Lipinski definition) is 2. The molecule has 0 aromatic heterocycles. The average Bonchev–Trinajstić information content (AvgIpc) is 2.40. The minimum Gasteiger partial charge on any atom is -0.468 e. The van der Waals surface area contributed by atoms with Crippen molar-refractivity contribution in [2.75, 3.05) is 23.9 Å². The molecule has 0 radical (unpaired) electrons. The van der Waals surface area contributed by atoms with E-state index in [9.17, 15) is 14.0 Å². The summed E-state index contributed by atoms with van der Waals surface area (Å²) in [6, 6.07) is 5.12. The predicted molar refractivity (Wildman–Crippen MR) is 72.3 cm³/mol. The van der Waals surface area contributed by atoms with Crippen molar-refractivity contribution in [1.82, 2.24) is 0 Å². The standard InChI is InChI=1S/C12H15FN2O3S/c1-18-12(17)9(14)6-19-7-11(16)15-10-5-3-2-4-8(10)13/h2-5,9H,6-7,14H2,1H3,(H,15,16). The molecule has 0 heterocycles. The number of thioether (sulfide) groups is 1. The predicted octanol–water partition coefficient (Wildman–Crippen LogP) is 0.998. The van der Waals surface area contributed by atoms with Gasteiger partial charge in [-0.1, -0.05) is 12.1 Å². The van der Waals surface area contributed by atoms with E-state index in [1.807, 2.05) is 0 Å². The second-order valence-electron chi connectivity index (χ2n) is 3.67. The number of rotatable bonds is 6. The van der Waals surface area contributed by atoms with Crippen molar-refractivity contribution < 1.29 is 18.7 Å². The molecule has 3 N–H and O–H groups in total. The maximum absolute atomic E-state index is 13.2. The quantitative estimate of drug-likeness (QED) is 0.762. The van der Waals surface area contributed by atoms with Crippen LogP contribution in [0.3, 0.4) is 0 Å². The molecule has 7 heteroatoms. The third-order valence-electron chi connectivity index (χ3n) is 2.18. The highest BCUT2D eigenvalue weighted by Gasteiger charge is 2.14. The summed E-state index contributed by atoms with van der Waals surface area (Å²) < 4.78 is 17.7. The minimum absolute atomic E-state index is 0.0824. The van der Waals surface area contributed by atoms with Gasteiger partial charge in [-0.3, -0.25) is 9.59 Å². The van der Waals surface area contributed by atoms with Crippen LogP contribution in [0.25, 0.3) is 0 Å². The van der Waals surface area contributed by atoms with E-state index in [2.05, 4.69) is 10.1 Å². The zero-order chi connectivity index (χ0) is 14.3. The molecule has 0 bridgehead atoms. The van der Waals surface area contributed by atoms with Gasteiger partial charge in [0.25, 0.3) is 0 Å². The summed E-state index contributed by atoms with van der Waals surface area (Å²) in [6.07, 6.45) is 0. The van der Waals surface area contributed by atoms with Crippen molar-refractivity contribution in [3.8, 4) is 0 Å². The molecule has 0 saturated carbocycles. The number of ether oxygens (including phenoxy) is 1. The van der Waals surface area contributed by atoms with E-state index in [0.717, 1.165) is 0 Å². The van der Waals surface area contributed by atoms with Gasteiger partial charge in [0.1, 0.15) is 11.9 Å². The summed E-state index contributed by atoms with van der Waals surface area (Å²) in [4.78, 5) is 22.5. The Morgan fingerprint density at radius 3 is 2.79 bits per heavy atom. The van der Waals surface area contributed by atoms with Crippen LogP contribution in [0.2, 0.25) is 0 Å². The Hall–Kier alpha value is -1.60. The lowest BCUT2D eigenvalue weighted by Gasteiger charge is -2.09. The van der Waals surface area contributed by atoms with E-state index < -0.39 is 17.8 Å². The molecule has 19 heavy (non-hydrogen) atoms. The van der Waals surface area contributed by atoms with Crippen LogP contribution in [-0.4, -0.2) is 36.5 Å². The zero-order valence-electron chi connectivity index (χ0n) is 10.4. The first-order valence-corrected chi connectivity index (χ1v) is 6.65. The van der Waals surface area contributed by atoms with Gasteiger partial charge >= 0.3 is 5.97 Å². The molecule has 0 aliphatic rings. The third-order valence-corrected chi connectivity index (χ3v) is 3.24. The number of carbonyl (C=O) groups is 2. The number of methoxy groups -OCH3 is 1. The number of esters is 1. The van der Waals surface area contributed by atoms with Crippen LogP contribution in [-0.2, 0) is 14.3 Å². The highest BCUT2D eigenvalue weighted by Crippen LogP contribution is 2.13. The molecule has 1 rings (SSSR count). The lowest BCUT2D eigenvalue weighted by atomic mass is 10.3. The van der Waals surface area contributed by atoms with E-state index in [1.54, 1.807) is 6.07 Å². The summed E-state index contributed by atoms with van der Waals surface area (Å²) in [5.41, 5.74) is 5.63. The second-order valence-corrected chi connectivity index (χ2v) is 4.70. The fraction of sp³-hybridized carbons (Fsp3) is 0.333. The number of nitrogens with two attached hydrogens (primary N) is 1. The number of para-hydroxylation sites is 1. The van der Waals surface area contributed by atoms with Gasteiger partial charge in [0, 0.05) is 5.75 Å². The van der Waals surface area contributed by atoms with Crippen LogP contribution in [0, 0.1) is 5.82 Å². The van der Waals surface area contributed by atoms with Gasteiger partial charge < -0.3 is 15.8 Å². The number of amides is 1. The fourth-order valence-corrected chi connectivity index (χ4v) is 2.01. The SMILES string of the molecule is COC(=O)C(N)CSCC(=O)Nc1ccccc1F. The van der Waals surface area contributed by atoms with Crippen molar-refractivity contribution in [3.05, 3.63) is 30.1 Å². The highest BCUT2D eigenvalue weighted by atomic mass is 32.2. The Kier molecular flexibility index (Phi) is 6.31. The van der Waals surface area contributed by atoms with Gasteiger partial charge in [-0.2, -0.15) is 0 Å². The largest absolute Gasteiger partial charge is 0.468 e. The summed E-state index contributed by atoms with van der Waals surface area (Å²) in [7, 11) is 1.25. The Labute approximate surface area is 114 Å². The summed E-state index contributed by atoms with van der Waals surface area (Å²) in [6.45, 7) is 0. The number of halogens is 1. The van der Waals surface area contributed by atoms with Crippen LogP contribution in [0.4, 0.5) is 10.1 Å². The van der Waals surface area contributed by atoms with Crippen LogP contribution < -0.4 is 11.1 Å². The topological polar surface area (TPSA) is 81.4 Å². The first-order valence-electron chi connectivity index (χ1n) is 5.50. The Morgan fingerprint density at radius 1 is 1.47 bits per heavy atom. The van der Waals surface area contributed by atoms with E-state index in [1.165, 1.54) is 37.1 Å². The maximum atomic E-state index is 13.2. The Morgan fingerprint density at radius 2 is 2.16 bits per heavy atom. The van der Waals surface area contributed by atoms with Crippen LogP contribution >= 0.6 is 11.8 Å². The van der Waals surface area contributed by atoms with E-state index in [0.29, 0.717) is 0 Å². The first kappa shape index (κ1) is 15.5. The number of hydrogen-bond acceptors (Lipinski definition) is 5. The molecular weight excluding hydrogens is 271 g/mol. The molecule has 104 valence electrons.